The van der Waals surface area contributed by atoms with Crippen molar-refractivity contribution in [3.8, 4) is 11.3 Å². The summed E-state index contributed by atoms with van der Waals surface area (Å²) in [7, 11) is 0. The van der Waals surface area contributed by atoms with Crippen molar-refractivity contribution in [2.45, 2.75) is 19.8 Å². The van der Waals surface area contributed by atoms with E-state index in [0.717, 1.165) is 28.4 Å². The Hall–Kier alpha value is -2.46. The Labute approximate surface area is 140 Å². The van der Waals surface area contributed by atoms with Gasteiger partial charge in [0.05, 0.1) is 11.9 Å². The fourth-order valence-electron chi connectivity index (χ4n) is 2.29. The number of rotatable bonds is 6. The third kappa shape index (κ3) is 4.27. The number of nitrogens with zero attached hydrogens (tertiary/aromatic N) is 2. The lowest BCUT2D eigenvalue weighted by Crippen LogP contribution is -1.91. The number of hydrogen-bond acceptors (Lipinski definition) is 4. The van der Waals surface area contributed by atoms with Gasteiger partial charge in [-0.15, -0.1) is 11.3 Å². The molecule has 0 atom stereocenters. The summed E-state index contributed by atoms with van der Waals surface area (Å²) in [5, 5.41) is 7.10. The summed E-state index contributed by atoms with van der Waals surface area (Å²) < 4.78 is 0. The van der Waals surface area contributed by atoms with Crippen molar-refractivity contribution in [3.63, 3.8) is 0 Å². The Morgan fingerprint density at radius 3 is 2.61 bits per heavy atom. The van der Waals surface area contributed by atoms with Crippen LogP contribution in [0, 0.1) is 0 Å². The van der Waals surface area contributed by atoms with Gasteiger partial charge < -0.3 is 0 Å². The quantitative estimate of drug-likeness (QED) is 0.500. The molecule has 0 aliphatic rings. The highest BCUT2D eigenvalue weighted by Crippen LogP contribution is 2.24. The van der Waals surface area contributed by atoms with E-state index in [1.807, 2.05) is 29.8 Å². The maximum atomic E-state index is 4.54. The minimum Gasteiger partial charge on any atom is -0.253 e. The summed E-state index contributed by atoms with van der Waals surface area (Å²) in [5.41, 5.74) is 7.53. The van der Waals surface area contributed by atoms with Crippen molar-refractivity contribution >= 4 is 22.7 Å². The number of nitrogens with one attached hydrogen (secondary N) is 1. The first kappa shape index (κ1) is 15.4. The van der Waals surface area contributed by atoms with Gasteiger partial charge >= 0.3 is 0 Å². The first-order valence-corrected chi connectivity index (χ1v) is 8.62. The van der Waals surface area contributed by atoms with Crippen molar-refractivity contribution in [2.24, 2.45) is 5.10 Å². The summed E-state index contributed by atoms with van der Waals surface area (Å²) in [5.74, 6) is 0. The van der Waals surface area contributed by atoms with Crippen molar-refractivity contribution in [1.82, 2.24) is 4.98 Å². The van der Waals surface area contributed by atoms with Gasteiger partial charge in [-0.1, -0.05) is 67.9 Å². The Morgan fingerprint density at radius 2 is 1.87 bits per heavy atom. The van der Waals surface area contributed by atoms with Crippen LogP contribution in [-0.2, 0) is 6.42 Å². The van der Waals surface area contributed by atoms with E-state index >= 15 is 0 Å². The lowest BCUT2D eigenvalue weighted by atomic mass is 10.1. The standard InChI is InChI=1S/C19H19N3S/c1-2-6-15-9-11-16(12-10-15)13-20-22-19-21-18(14-23-19)17-7-4-3-5-8-17/h3-5,7-14H,2,6H2,1H3,(H,21,22). The second kappa shape index (κ2) is 7.70. The molecule has 1 aromatic heterocycles. The minimum absolute atomic E-state index is 0.794. The van der Waals surface area contributed by atoms with Crippen LogP contribution in [0.2, 0.25) is 0 Å². The van der Waals surface area contributed by atoms with Gasteiger partial charge in [-0.3, -0.25) is 5.43 Å². The van der Waals surface area contributed by atoms with Crippen LogP contribution in [-0.4, -0.2) is 11.2 Å². The molecule has 4 heteroatoms. The lowest BCUT2D eigenvalue weighted by molar-refractivity contribution is 0.922. The molecule has 0 bridgehead atoms. The van der Waals surface area contributed by atoms with Crippen molar-refractivity contribution < 1.29 is 0 Å². The summed E-state index contributed by atoms with van der Waals surface area (Å²) in [6.07, 6.45) is 4.11. The highest BCUT2D eigenvalue weighted by molar-refractivity contribution is 7.14. The fourth-order valence-corrected chi connectivity index (χ4v) is 2.96. The van der Waals surface area contributed by atoms with E-state index in [1.165, 1.54) is 12.0 Å². The molecule has 0 unspecified atom stereocenters. The molecule has 3 aromatic rings. The molecule has 3 rings (SSSR count). The van der Waals surface area contributed by atoms with Crippen LogP contribution in [0.3, 0.4) is 0 Å². The average Bonchev–Trinajstić information content (AvgIpc) is 3.06. The first-order valence-electron chi connectivity index (χ1n) is 7.74. The Bertz CT molecular complexity index is 761. The molecule has 0 aliphatic carbocycles. The molecule has 2 aromatic carbocycles. The minimum atomic E-state index is 0.794. The average molecular weight is 321 g/mol. The van der Waals surface area contributed by atoms with Gasteiger partial charge in [-0.2, -0.15) is 5.10 Å². The summed E-state index contributed by atoms with van der Waals surface area (Å²) in [6, 6.07) is 18.6. The molecule has 0 saturated heterocycles. The van der Waals surface area contributed by atoms with Gasteiger partial charge in [0.1, 0.15) is 0 Å². The predicted octanol–water partition coefficient (Wildman–Crippen LogP) is 5.21. The van der Waals surface area contributed by atoms with Gasteiger partial charge in [-0.05, 0) is 17.5 Å². The Kier molecular flexibility index (Phi) is 5.17. The number of aryl methyl sites for hydroxylation is 1. The molecule has 116 valence electrons. The number of hydrogen-bond donors (Lipinski definition) is 1. The van der Waals surface area contributed by atoms with Gasteiger partial charge in [0.2, 0.25) is 5.13 Å². The van der Waals surface area contributed by atoms with Gasteiger partial charge in [0.15, 0.2) is 0 Å². The van der Waals surface area contributed by atoms with Crippen LogP contribution in [0.5, 0.6) is 0 Å². The van der Waals surface area contributed by atoms with E-state index < -0.39 is 0 Å². The van der Waals surface area contributed by atoms with E-state index in [0.29, 0.717) is 0 Å². The molecule has 23 heavy (non-hydrogen) atoms. The largest absolute Gasteiger partial charge is 0.253 e. The summed E-state index contributed by atoms with van der Waals surface area (Å²) in [4.78, 5) is 4.54. The molecule has 0 amide bonds. The molecule has 0 saturated carbocycles. The molecule has 1 heterocycles. The monoisotopic (exact) mass is 321 g/mol. The second-order valence-corrected chi connectivity index (χ2v) is 6.12. The van der Waals surface area contributed by atoms with E-state index in [1.54, 1.807) is 11.3 Å². The Balaban J connectivity index is 1.61. The number of aromatic nitrogens is 1. The van der Waals surface area contributed by atoms with Crippen molar-refractivity contribution in [1.29, 1.82) is 0 Å². The van der Waals surface area contributed by atoms with E-state index in [9.17, 15) is 0 Å². The lowest BCUT2D eigenvalue weighted by Gasteiger charge is -1.99. The smallest absolute Gasteiger partial charge is 0.203 e. The van der Waals surface area contributed by atoms with E-state index in [-0.39, 0.29) is 0 Å². The van der Waals surface area contributed by atoms with E-state index in [4.69, 9.17) is 0 Å². The third-order valence-electron chi connectivity index (χ3n) is 3.47. The maximum Gasteiger partial charge on any atom is 0.203 e. The molecular weight excluding hydrogens is 302 g/mol. The third-order valence-corrected chi connectivity index (χ3v) is 4.21. The predicted molar refractivity (Wildman–Crippen MR) is 99.2 cm³/mol. The number of hydrazone groups is 1. The highest BCUT2D eigenvalue weighted by Gasteiger charge is 2.02. The Morgan fingerprint density at radius 1 is 1.09 bits per heavy atom. The topological polar surface area (TPSA) is 37.3 Å². The number of anilines is 1. The number of thiazole rings is 1. The number of benzene rings is 2. The van der Waals surface area contributed by atoms with Crippen LogP contribution in [0.4, 0.5) is 5.13 Å². The van der Waals surface area contributed by atoms with Crippen LogP contribution in [0.25, 0.3) is 11.3 Å². The van der Waals surface area contributed by atoms with Crippen LogP contribution < -0.4 is 5.43 Å². The second-order valence-electron chi connectivity index (χ2n) is 5.27. The van der Waals surface area contributed by atoms with Crippen molar-refractivity contribution in [2.75, 3.05) is 5.43 Å². The fraction of sp³-hybridized carbons (Fsp3) is 0.158. The molecule has 0 aliphatic heterocycles. The molecule has 0 radical (unpaired) electrons. The molecule has 1 N–H and O–H groups in total. The maximum absolute atomic E-state index is 4.54. The molecule has 0 spiro atoms. The zero-order chi connectivity index (χ0) is 15.9. The van der Waals surface area contributed by atoms with Crippen LogP contribution >= 0.6 is 11.3 Å². The first-order chi connectivity index (χ1) is 11.3. The van der Waals surface area contributed by atoms with Gasteiger partial charge in [0, 0.05) is 10.9 Å². The van der Waals surface area contributed by atoms with Crippen LogP contribution in [0.1, 0.15) is 24.5 Å². The van der Waals surface area contributed by atoms with Crippen molar-refractivity contribution in [3.05, 3.63) is 71.1 Å². The van der Waals surface area contributed by atoms with E-state index in [2.05, 4.69) is 58.8 Å². The summed E-state index contributed by atoms with van der Waals surface area (Å²) in [6.45, 7) is 2.19. The molecule has 0 fully saturated rings. The molecule has 3 nitrogen and oxygen atoms in total. The van der Waals surface area contributed by atoms with Gasteiger partial charge in [-0.25, -0.2) is 4.98 Å². The van der Waals surface area contributed by atoms with Gasteiger partial charge in [0.25, 0.3) is 0 Å². The zero-order valence-corrected chi connectivity index (χ0v) is 13.9. The zero-order valence-electron chi connectivity index (χ0n) is 13.1. The molecular formula is C19H19N3S. The summed E-state index contributed by atoms with van der Waals surface area (Å²) >= 11 is 1.55. The SMILES string of the molecule is CCCc1ccc(C=NNc2nc(-c3ccccc3)cs2)cc1. The highest BCUT2D eigenvalue weighted by atomic mass is 32.1. The normalized spacial score (nSPS) is 11.0. The van der Waals surface area contributed by atoms with Crippen LogP contribution in [0.15, 0.2) is 65.1 Å².